The van der Waals surface area contributed by atoms with Gasteiger partial charge in [0.1, 0.15) is 0 Å². The van der Waals surface area contributed by atoms with E-state index >= 15 is 0 Å². The lowest BCUT2D eigenvalue weighted by molar-refractivity contribution is -0.138. The molecule has 0 aliphatic rings. The fourth-order valence-electron chi connectivity index (χ4n) is 1.88. The third-order valence-corrected chi connectivity index (χ3v) is 2.58. The molecule has 0 aromatic heterocycles. The second-order valence-electron chi connectivity index (χ2n) is 4.48. The van der Waals surface area contributed by atoms with Gasteiger partial charge in [-0.05, 0) is 30.7 Å². The molecule has 1 rings (SSSR count). The first-order valence-electron chi connectivity index (χ1n) is 6.32. The van der Waals surface area contributed by atoms with Crippen LogP contribution in [0.2, 0.25) is 0 Å². The van der Waals surface area contributed by atoms with Gasteiger partial charge in [0.2, 0.25) is 5.91 Å². The van der Waals surface area contributed by atoms with Crippen LogP contribution in [0.1, 0.15) is 25.8 Å². The molecule has 0 saturated heterocycles. The Balaban J connectivity index is 2.63. The van der Waals surface area contributed by atoms with Gasteiger partial charge in [-0.2, -0.15) is 0 Å². The van der Waals surface area contributed by atoms with Crippen molar-refractivity contribution in [1.29, 1.82) is 0 Å². The van der Waals surface area contributed by atoms with Gasteiger partial charge in [-0.1, -0.05) is 19.1 Å². The second-order valence-corrected chi connectivity index (χ2v) is 4.48. The van der Waals surface area contributed by atoms with Gasteiger partial charge < -0.3 is 10.4 Å². The van der Waals surface area contributed by atoms with E-state index < -0.39 is 5.97 Å². The average Bonchev–Trinajstić information content (AvgIpc) is 2.30. The Morgan fingerprint density at radius 2 is 1.89 bits per heavy atom. The van der Waals surface area contributed by atoms with Crippen molar-refractivity contribution < 1.29 is 14.7 Å². The Hall–Kier alpha value is -1.88. The van der Waals surface area contributed by atoms with E-state index in [1.54, 1.807) is 0 Å². The Labute approximate surface area is 113 Å². The Kier molecular flexibility index (Phi) is 6.02. The molecule has 0 spiro atoms. The molecule has 0 heterocycles. The fraction of sp³-hybridized carbons (Fsp3) is 0.429. The molecule has 0 fully saturated rings. The number of hydrogen-bond acceptors (Lipinski definition) is 3. The van der Waals surface area contributed by atoms with Crippen molar-refractivity contribution in [2.75, 3.05) is 18.4 Å². The predicted molar refractivity (Wildman–Crippen MR) is 73.9 cm³/mol. The molecule has 0 saturated carbocycles. The largest absolute Gasteiger partial charge is 0.480 e. The summed E-state index contributed by atoms with van der Waals surface area (Å²) in [6.45, 7) is 4.88. The van der Waals surface area contributed by atoms with Gasteiger partial charge in [-0.3, -0.25) is 14.5 Å². The van der Waals surface area contributed by atoms with Crippen molar-refractivity contribution in [3.8, 4) is 0 Å². The highest BCUT2D eigenvalue weighted by molar-refractivity contribution is 5.88. The van der Waals surface area contributed by atoms with Crippen molar-refractivity contribution in [1.82, 2.24) is 4.90 Å². The average molecular weight is 264 g/mol. The topological polar surface area (TPSA) is 69.6 Å². The minimum Gasteiger partial charge on any atom is -0.480 e. The highest BCUT2D eigenvalue weighted by Gasteiger charge is 2.09. The van der Waals surface area contributed by atoms with Crippen LogP contribution >= 0.6 is 0 Å². The number of aliphatic carboxylic acids is 1. The number of hydrogen-bond donors (Lipinski definition) is 2. The third-order valence-electron chi connectivity index (χ3n) is 2.58. The number of carboxylic acids is 1. The molecule has 0 atom stereocenters. The standard InChI is InChI=1S/C14H20N2O3/c1-3-8-16(10-14(18)19)9-12-4-6-13(7-5-12)15-11(2)17/h4-7H,3,8-10H2,1-2H3,(H,15,17)(H,18,19). The van der Waals surface area contributed by atoms with Crippen molar-refractivity contribution in [2.45, 2.75) is 26.8 Å². The number of amides is 1. The van der Waals surface area contributed by atoms with Crippen molar-refractivity contribution in [3.63, 3.8) is 0 Å². The van der Waals surface area contributed by atoms with Crippen molar-refractivity contribution in [3.05, 3.63) is 29.8 Å². The molecule has 5 heteroatoms. The SMILES string of the molecule is CCCN(CC(=O)O)Cc1ccc(NC(C)=O)cc1. The number of anilines is 1. The molecule has 0 bridgehead atoms. The van der Waals surface area contributed by atoms with Crippen molar-refractivity contribution in [2.24, 2.45) is 0 Å². The first kappa shape index (κ1) is 15.2. The van der Waals surface area contributed by atoms with Crippen LogP contribution in [0.3, 0.4) is 0 Å². The lowest BCUT2D eigenvalue weighted by Crippen LogP contribution is -2.30. The van der Waals surface area contributed by atoms with Crippen LogP contribution in [-0.2, 0) is 16.1 Å². The summed E-state index contributed by atoms with van der Waals surface area (Å²) in [5.74, 6) is -0.922. The van der Waals surface area contributed by atoms with Crippen LogP contribution in [0.4, 0.5) is 5.69 Å². The number of carboxylic acid groups (broad SMARTS) is 1. The van der Waals surface area contributed by atoms with Gasteiger partial charge >= 0.3 is 5.97 Å². The summed E-state index contributed by atoms with van der Waals surface area (Å²) in [4.78, 5) is 23.5. The maximum absolute atomic E-state index is 10.9. The van der Waals surface area contributed by atoms with E-state index in [4.69, 9.17) is 5.11 Å². The molecular weight excluding hydrogens is 244 g/mol. The summed E-state index contributed by atoms with van der Waals surface area (Å²) in [6.07, 6.45) is 0.914. The van der Waals surface area contributed by atoms with Crippen LogP contribution in [-0.4, -0.2) is 35.0 Å². The van der Waals surface area contributed by atoms with E-state index in [0.29, 0.717) is 6.54 Å². The number of carbonyl (C=O) groups excluding carboxylic acids is 1. The zero-order valence-electron chi connectivity index (χ0n) is 11.3. The Morgan fingerprint density at radius 1 is 1.26 bits per heavy atom. The maximum atomic E-state index is 10.9. The zero-order valence-corrected chi connectivity index (χ0v) is 11.3. The molecule has 104 valence electrons. The van der Waals surface area contributed by atoms with E-state index in [0.717, 1.165) is 24.2 Å². The van der Waals surface area contributed by atoms with Crippen molar-refractivity contribution >= 4 is 17.6 Å². The monoisotopic (exact) mass is 264 g/mol. The lowest BCUT2D eigenvalue weighted by Gasteiger charge is -2.19. The van der Waals surface area contributed by atoms with Gasteiger partial charge in [0.15, 0.2) is 0 Å². The summed E-state index contributed by atoms with van der Waals surface area (Å²) < 4.78 is 0. The predicted octanol–water partition coefficient (Wildman–Crippen LogP) is 1.94. The smallest absolute Gasteiger partial charge is 0.317 e. The number of nitrogens with one attached hydrogen (secondary N) is 1. The number of benzene rings is 1. The van der Waals surface area contributed by atoms with Gasteiger partial charge in [-0.15, -0.1) is 0 Å². The fourth-order valence-corrected chi connectivity index (χ4v) is 1.88. The summed E-state index contributed by atoms with van der Waals surface area (Å²) >= 11 is 0. The highest BCUT2D eigenvalue weighted by Crippen LogP contribution is 2.11. The number of carbonyl (C=O) groups is 2. The molecule has 19 heavy (non-hydrogen) atoms. The van der Waals surface area contributed by atoms with Gasteiger partial charge in [0.25, 0.3) is 0 Å². The normalized spacial score (nSPS) is 10.5. The summed E-state index contributed by atoms with van der Waals surface area (Å²) in [5, 5.41) is 11.5. The Bertz CT molecular complexity index is 429. The molecular formula is C14H20N2O3. The summed E-state index contributed by atoms with van der Waals surface area (Å²) in [7, 11) is 0. The van der Waals surface area contributed by atoms with E-state index in [1.807, 2.05) is 36.1 Å². The molecule has 1 amide bonds. The molecule has 0 aliphatic carbocycles. The van der Waals surface area contributed by atoms with E-state index in [9.17, 15) is 9.59 Å². The van der Waals surface area contributed by atoms with Crippen LogP contribution in [0, 0.1) is 0 Å². The summed E-state index contributed by atoms with van der Waals surface area (Å²) in [6, 6.07) is 7.44. The minimum absolute atomic E-state index is 0.0429. The second kappa shape index (κ2) is 7.53. The van der Waals surface area contributed by atoms with Crippen LogP contribution in [0.15, 0.2) is 24.3 Å². The van der Waals surface area contributed by atoms with E-state index in [2.05, 4.69) is 5.32 Å². The molecule has 0 unspecified atom stereocenters. The Morgan fingerprint density at radius 3 is 2.37 bits per heavy atom. The maximum Gasteiger partial charge on any atom is 0.317 e. The quantitative estimate of drug-likeness (QED) is 0.789. The van der Waals surface area contributed by atoms with E-state index in [-0.39, 0.29) is 12.5 Å². The molecule has 1 aromatic carbocycles. The first-order chi connectivity index (χ1) is 9.01. The van der Waals surface area contributed by atoms with Gasteiger partial charge in [0.05, 0.1) is 6.54 Å². The number of rotatable bonds is 7. The van der Waals surface area contributed by atoms with Gasteiger partial charge in [-0.25, -0.2) is 0 Å². The molecule has 0 aliphatic heterocycles. The first-order valence-corrected chi connectivity index (χ1v) is 6.32. The highest BCUT2D eigenvalue weighted by atomic mass is 16.4. The molecule has 2 N–H and O–H groups in total. The lowest BCUT2D eigenvalue weighted by atomic mass is 10.2. The van der Waals surface area contributed by atoms with Crippen LogP contribution in [0.5, 0.6) is 0 Å². The van der Waals surface area contributed by atoms with Crippen LogP contribution < -0.4 is 5.32 Å². The molecule has 5 nitrogen and oxygen atoms in total. The third kappa shape index (κ3) is 6.01. The van der Waals surface area contributed by atoms with E-state index in [1.165, 1.54) is 6.92 Å². The zero-order chi connectivity index (χ0) is 14.3. The van der Waals surface area contributed by atoms with Gasteiger partial charge in [0, 0.05) is 19.2 Å². The summed E-state index contributed by atoms with van der Waals surface area (Å²) in [5.41, 5.74) is 1.78. The van der Waals surface area contributed by atoms with Crippen LogP contribution in [0.25, 0.3) is 0 Å². The molecule has 0 radical (unpaired) electrons. The minimum atomic E-state index is -0.816. The molecule has 1 aromatic rings. The number of nitrogens with zero attached hydrogens (tertiary/aromatic N) is 1.